The molecule has 0 radical (unpaired) electrons. The second kappa shape index (κ2) is 6.83. The number of rotatable bonds is 2. The van der Waals surface area contributed by atoms with Crippen LogP contribution in [0.2, 0.25) is 5.02 Å². The van der Waals surface area contributed by atoms with Crippen LogP contribution in [0.4, 0.5) is 0 Å². The third kappa shape index (κ3) is 3.90. The van der Waals surface area contributed by atoms with Crippen LogP contribution >= 0.6 is 11.6 Å². The highest BCUT2D eigenvalue weighted by Gasteiger charge is 2.42. The standard InChI is InChI=1S/C20H23ClO4/c1-20(2,3)19(23)25-14-8-9-15-17(10-14)24-11-16(18(15)22)12-4-6-13(21)7-5-12/h4-7,11,14-15,17H,8-10H2,1-3H3. The van der Waals surface area contributed by atoms with E-state index in [1.165, 1.54) is 0 Å². The van der Waals surface area contributed by atoms with Crippen molar-refractivity contribution in [2.24, 2.45) is 11.3 Å². The fourth-order valence-electron chi connectivity index (χ4n) is 3.23. The lowest BCUT2D eigenvalue weighted by Crippen LogP contribution is -2.42. The number of Topliss-reactive ketones (excluding diaryl/α,β-unsaturated/α-hetero) is 1. The molecule has 1 fully saturated rings. The Kier molecular flexibility index (Phi) is 4.92. The Balaban J connectivity index is 1.70. The van der Waals surface area contributed by atoms with Gasteiger partial charge in [-0.1, -0.05) is 23.7 Å². The first-order chi connectivity index (χ1) is 11.8. The van der Waals surface area contributed by atoms with E-state index in [0.717, 1.165) is 5.56 Å². The molecule has 0 aromatic heterocycles. The van der Waals surface area contributed by atoms with Crippen LogP contribution in [0.25, 0.3) is 5.57 Å². The van der Waals surface area contributed by atoms with Gasteiger partial charge < -0.3 is 9.47 Å². The fourth-order valence-corrected chi connectivity index (χ4v) is 3.36. The van der Waals surface area contributed by atoms with Gasteiger partial charge in [-0.25, -0.2) is 0 Å². The highest BCUT2D eigenvalue weighted by atomic mass is 35.5. The molecule has 4 nitrogen and oxygen atoms in total. The smallest absolute Gasteiger partial charge is 0.311 e. The molecule has 3 rings (SSSR count). The molecule has 134 valence electrons. The lowest BCUT2D eigenvalue weighted by atomic mass is 9.78. The molecular weight excluding hydrogens is 340 g/mol. The van der Waals surface area contributed by atoms with Crippen molar-refractivity contribution in [3.63, 3.8) is 0 Å². The average molecular weight is 363 g/mol. The van der Waals surface area contributed by atoms with E-state index in [1.54, 1.807) is 18.4 Å². The molecule has 1 aromatic carbocycles. The third-order valence-corrected chi connectivity index (χ3v) is 5.00. The van der Waals surface area contributed by atoms with Crippen LogP contribution in [-0.4, -0.2) is 24.0 Å². The fraction of sp³-hybridized carbons (Fsp3) is 0.500. The number of benzene rings is 1. The summed E-state index contributed by atoms with van der Waals surface area (Å²) in [5.74, 6) is -0.296. The van der Waals surface area contributed by atoms with Crippen LogP contribution in [0.1, 0.15) is 45.6 Å². The Morgan fingerprint density at radius 3 is 2.52 bits per heavy atom. The number of carbonyl (C=O) groups is 2. The number of esters is 1. The van der Waals surface area contributed by atoms with Crippen molar-refractivity contribution >= 4 is 28.9 Å². The van der Waals surface area contributed by atoms with E-state index in [0.29, 0.717) is 29.9 Å². The number of allylic oxidation sites excluding steroid dienone is 1. The monoisotopic (exact) mass is 362 g/mol. The van der Waals surface area contributed by atoms with Crippen LogP contribution in [0.15, 0.2) is 30.5 Å². The second-order valence-corrected chi connectivity index (χ2v) is 8.21. The van der Waals surface area contributed by atoms with Gasteiger partial charge >= 0.3 is 5.97 Å². The Bertz CT molecular complexity index is 699. The van der Waals surface area contributed by atoms with Crippen LogP contribution < -0.4 is 0 Å². The zero-order valence-corrected chi connectivity index (χ0v) is 15.5. The number of ketones is 1. The number of hydrogen-bond donors (Lipinski definition) is 0. The van der Waals surface area contributed by atoms with Crippen LogP contribution in [-0.2, 0) is 19.1 Å². The van der Waals surface area contributed by atoms with E-state index in [4.69, 9.17) is 21.1 Å². The summed E-state index contributed by atoms with van der Waals surface area (Å²) in [6, 6.07) is 7.18. The first kappa shape index (κ1) is 18.0. The molecule has 25 heavy (non-hydrogen) atoms. The Morgan fingerprint density at radius 1 is 1.20 bits per heavy atom. The Hall–Kier alpha value is -1.81. The van der Waals surface area contributed by atoms with E-state index in [2.05, 4.69) is 0 Å². The number of hydrogen-bond acceptors (Lipinski definition) is 4. The van der Waals surface area contributed by atoms with Gasteiger partial charge in [-0.15, -0.1) is 0 Å². The van der Waals surface area contributed by atoms with Crippen molar-refractivity contribution in [1.29, 1.82) is 0 Å². The van der Waals surface area contributed by atoms with Crippen molar-refractivity contribution in [1.82, 2.24) is 0 Å². The van der Waals surface area contributed by atoms with Crippen molar-refractivity contribution in [2.75, 3.05) is 0 Å². The molecule has 0 saturated heterocycles. The average Bonchev–Trinajstić information content (AvgIpc) is 2.55. The summed E-state index contributed by atoms with van der Waals surface area (Å²) in [5, 5.41) is 0.632. The Labute approximate surface area is 153 Å². The number of ether oxygens (including phenoxy) is 2. The maximum atomic E-state index is 12.8. The van der Waals surface area contributed by atoms with Gasteiger partial charge in [-0.2, -0.15) is 0 Å². The zero-order chi connectivity index (χ0) is 18.2. The topological polar surface area (TPSA) is 52.6 Å². The molecule has 1 heterocycles. The van der Waals surface area contributed by atoms with E-state index in [-0.39, 0.29) is 29.9 Å². The van der Waals surface area contributed by atoms with E-state index in [1.807, 2.05) is 32.9 Å². The summed E-state index contributed by atoms with van der Waals surface area (Å²) in [5.41, 5.74) is 0.874. The molecule has 0 amide bonds. The molecule has 1 aliphatic carbocycles. The minimum atomic E-state index is -0.526. The molecule has 3 unspecified atom stereocenters. The van der Waals surface area contributed by atoms with Crippen LogP contribution in [0.3, 0.4) is 0 Å². The highest BCUT2D eigenvalue weighted by Crippen LogP contribution is 2.37. The maximum Gasteiger partial charge on any atom is 0.311 e. The summed E-state index contributed by atoms with van der Waals surface area (Å²) in [6.45, 7) is 5.51. The summed E-state index contributed by atoms with van der Waals surface area (Å²) in [7, 11) is 0. The molecule has 0 spiro atoms. The predicted octanol–water partition coefficient (Wildman–Crippen LogP) is 4.41. The first-order valence-corrected chi connectivity index (χ1v) is 9.00. The largest absolute Gasteiger partial charge is 0.496 e. The molecule has 0 N–H and O–H groups in total. The van der Waals surface area contributed by atoms with Gasteiger partial charge in [0.25, 0.3) is 0 Å². The summed E-state index contributed by atoms with van der Waals surface area (Å²) in [6.07, 6.45) is 3.03. The maximum absolute atomic E-state index is 12.8. The normalized spacial score (nSPS) is 26.3. The van der Waals surface area contributed by atoms with Crippen molar-refractivity contribution < 1.29 is 19.1 Å². The molecule has 2 aliphatic rings. The third-order valence-electron chi connectivity index (χ3n) is 4.75. The minimum absolute atomic E-state index is 0.0965. The number of halogens is 1. The van der Waals surface area contributed by atoms with Gasteiger partial charge in [0.15, 0.2) is 5.78 Å². The Morgan fingerprint density at radius 2 is 1.88 bits per heavy atom. The number of carbonyl (C=O) groups excluding carboxylic acids is 2. The second-order valence-electron chi connectivity index (χ2n) is 7.77. The first-order valence-electron chi connectivity index (χ1n) is 8.62. The number of fused-ring (bicyclic) bond motifs is 1. The lowest BCUT2D eigenvalue weighted by Gasteiger charge is -2.38. The van der Waals surface area contributed by atoms with E-state index >= 15 is 0 Å². The summed E-state index contributed by atoms with van der Waals surface area (Å²) < 4.78 is 11.4. The molecule has 0 bridgehead atoms. The van der Waals surface area contributed by atoms with E-state index in [9.17, 15) is 9.59 Å². The van der Waals surface area contributed by atoms with E-state index < -0.39 is 5.41 Å². The van der Waals surface area contributed by atoms with Crippen LogP contribution in [0, 0.1) is 11.3 Å². The zero-order valence-electron chi connectivity index (χ0n) is 14.8. The molecule has 1 saturated carbocycles. The van der Waals surface area contributed by atoms with Crippen LogP contribution in [0.5, 0.6) is 0 Å². The van der Waals surface area contributed by atoms with Crippen molar-refractivity contribution in [3.05, 3.63) is 41.1 Å². The lowest BCUT2D eigenvalue weighted by molar-refractivity contribution is -0.163. The summed E-state index contributed by atoms with van der Waals surface area (Å²) >= 11 is 5.91. The van der Waals surface area contributed by atoms with Gasteiger partial charge in [-0.05, 0) is 51.3 Å². The minimum Gasteiger partial charge on any atom is -0.496 e. The van der Waals surface area contributed by atoms with Gasteiger partial charge in [-0.3, -0.25) is 9.59 Å². The molecule has 5 heteroatoms. The van der Waals surface area contributed by atoms with Gasteiger partial charge in [0.1, 0.15) is 12.2 Å². The molecule has 1 aliphatic heterocycles. The van der Waals surface area contributed by atoms with Gasteiger partial charge in [0.05, 0.1) is 23.2 Å². The van der Waals surface area contributed by atoms with Crippen molar-refractivity contribution in [2.45, 2.75) is 52.2 Å². The molecule has 3 atom stereocenters. The SMILES string of the molecule is CC(C)(C)C(=O)OC1CCC2C(=O)C(c3ccc(Cl)cc3)=COC2C1. The summed E-state index contributed by atoms with van der Waals surface area (Å²) in [4.78, 5) is 24.9. The molecular formula is C20H23ClO4. The quantitative estimate of drug-likeness (QED) is 0.731. The predicted molar refractivity (Wildman–Crippen MR) is 96.0 cm³/mol. The van der Waals surface area contributed by atoms with Crippen molar-refractivity contribution in [3.8, 4) is 0 Å². The van der Waals surface area contributed by atoms with Gasteiger partial charge in [0, 0.05) is 11.4 Å². The molecule has 1 aromatic rings. The highest BCUT2D eigenvalue weighted by molar-refractivity contribution is 6.30. The van der Waals surface area contributed by atoms with Gasteiger partial charge in [0.2, 0.25) is 0 Å².